The second-order valence-electron chi connectivity index (χ2n) is 4.53. The molecule has 0 atom stereocenters. The Hall–Kier alpha value is -3.00. The van der Waals surface area contributed by atoms with Gasteiger partial charge in [-0.1, -0.05) is 18.2 Å². The lowest BCUT2D eigenvalue weighted by molar-refractivity contribution is 0.0950. The van der Waals surface area contributed by atoms with Crippen LogP contribution in [0.1, 0.15) is 21.5 Å². The number of nitrogens with one attached hydrogen (secondary N) is 1. The van der Waals surface area contributed by atoms with Gasteiger partial charge in [0.05, 0.1) is 31.4 Å². The van der Waals surface area contributed by atoms with E-state index in [9.17, 15) is 4.79 Å². The summed E-state index contributed by atoms with van der Waals surface area (Å²) in [7, 11) is 3.13. The molecule has 1 N–H and O–H groups in total. The number of carbonyl (C=O) groups excluding carboxylic acids is 1. The molecule has 0 aliphatic rings. The zero-order valence-corrected chi connectivity index (χ0v) is 12.4. The zero-order valence-electron chi connectivity index (χ0n) is 12.4. The largest absolute Gasteiger partial charge is 0.493 e. The van der Waals surface area contributed by atoms with E-state index in [1.807, 2.05) is 12.1 Å². The van der Waals surface area contributed by atoms with Crippen LogP contribution in [0.2, 0.25) is 0 Å². The summed E-state index contributed by atoms with van der Waals surface area (Å²) in [4.78, 5) is 12.2. The van der Waals surface area contributed by atoms with Crippen LogP contribution in [0.4, 0.5) is 0 Å². The summed E-state index contributed by atoms with van der Waals surface area (Å²) < 4.78 is 10.4. The first kappa shape index (κ1) is 15.4. The minimum atomic E-state index is -0.285. The molecular formula is C17H16N2O3. The molecule has 0 radical (unpaired) electrons. The fourth-order valence-electron chi connectivity index (χ4n) is 2.05. The van der Waals surface area contributed by atoms with Gasteiger partial charge >= 0.3 is 0 Å². The maximum Gasteiger partial charge on any atom is 0.252 e. The second-order valence-corrected chi connectivity index (χ2v) is 4.53. The third-order valence-corrected chi connectivity index (χ3v) is 3.19. The number of carbonyl (C=O) groups is 1. The van der Waals surface area contributed by atoms with Crippen LogP contribution in [-0.2, 0) is 6.54 Å². The Balaban J connectivity index is 2.10. The Kier molecular flexibility index (Phi) is 4.99. The van der Waals surface area contributed by atoms with Gasteiger partial charge in [-0.3, -0.25) is 4.79 Å². The van der Waals surface area contributed by atoms with E-state index in [1.54, 1.807) is 50.6 Å². The SMILES string of the molecule is COc1ccc(CNC(=O)c2ccccc2C#N)cc1OC. The fourth-order valence-corrected chi connectivity index (χ4v) is 2.05. The van der Waals surface area contributed by atoms with Gasteiger partial charge in [-0.15, -0.1) is 0 Å². The van der Waals surface area contributed by atoms with E-state index in [-0.39, 0.29) is 5.91 Å². The molecule has 0 fully saturated rings. The third-order valence-electron chi connectivity index (χ3n) is 3.19. The molecule has 0 bridgehead atoms. The van der Waals surface area contributed by atoms with Crippen molar-refractivity contribution in [2.24, 2.45) is 0 Å². The summed E-state index contributed by atoms with van der Waals surface area (Å²) in [6, 6.07) is 14.1. The van der Waals surface area contributed by atoms with E-state index in [0.717, 1.165) is 5.56 Å². The number of hydrogen-bond acceptors (Lipinski definition) is 4. The predicted octanol–water partition coefficient (Wildman–Crippen LogP) is 2.51. The standard InChI is InChI=1S/C17H16N2O3/c1-21-15-8-7-12(9-16(15)22-2)11-19-17(20)14-6-4-3-5-13(14)10-18/h3-9H,11H2,1-2H3,(H,19,20). The van der Waals surface area contributed by atoms with Gasteiger partial charge in [0.2, 0.25) is 0 Å². The van der Waals surface area contributed by atoms with E-state index in [1.165, 1.54) is 0 Å². The van der Waals surface area contributed by atoms with Gasteiger partial charge in [0.25, 0.3) is 5.91 Å². The lowest BCUT2D eigenvalue weighted by atomic mass is 10.1. The predicted molar refractivity (Wildman–Crippen MR) is 81.9 cm³/mol. The van der Waals surface area contributed by atoms with Gasteiger partial charge in [0.15, 0.2) is 11.5 Å². The van der Waals surface area contributed by atoms with E-state index < -0.39 is 0 Å². The monoisotopic (exact) mass is 296 g/mol. The Morgan fingerprint density at radius 1 is 1.14 bits per heavy atom. The van der Waals surface area contributed by atoms with Gasteiger partial charge in [0, 0.05) is 6.54 Å². The van der Waals surface area contributed by atoms with Gasteiger partial charge in [-0.2, -0.15) is 5.26 Å². The summed E-state index contributed by atoms with van der Waals surface area (Å²) in [5.74, 6) is 0.950. The third kappa shape index (κ3) is 3.36. The number of rotatable bonds is 5. The van der Waals surface area contributed by atoms with E-state index in [2.05, 4.69) is 5.32 Å². The van der Waals surface area contributed by atoms with Crippen molar-refractivity contribution in [1.82, 2.24) is 5.32 Å². The quantitative estimate of drug-likeness (QED) is 0.920. The van der Waals surface area contributed by atoms with E-state index in [4.69, 9.17) is 14.7 Å². The molecule has 0 aliphatic carbocycles. The first-order valence-corrected chi connectivity index (χ1v) is 6.67. The lowest BCUT2D eigenvalue weighted by Crippen LogP contribution is -2.23. The molecule has 0 unspecified atom stereocenters. The van der Waals surface area contributed by atoms with Crippen molar-refractivity contribution >= 4 is 5.91 Å². The minimum absolute atomic E-state index is 0.285. The summed E-state index contributed by atoms with van der Waals surface area (Å²) in [6.45, 7) is 0.332. The van der Waals surface area contributed by atoms with Crippen LogP contribution in [0.3, 0.4) is 0 Å². The molecule has 2 aromatic rings. The highest BCUT2D eigenvalue weighted by molar-refractivity contribution is 5.96. The topological polar surface area (TPSA) is 71.3 Å². The molecule has 0 aromatic heterocycles. The number of benzene rings is 2. The Morgan fingerprint density at radius 2 is 1.86 bits per heavy atom. The normalized spacial score (nSPS) is 9.68. The minimum Gasteiger partial charge on any atom is -0.493 e. The second kappa shape index (κ2) is 7.14. The first-order chi connectivity index (χ1) is 10.7. The molecule has 0 spiro atoms. The van der Waals surface area contributed by atoms with Crippen molar-refractivity contribution in [2.75, 3.05) is 14.2 Å². The van der Waals surface area contributed by atoms with E-state index in [0.29, 0.717) is 29.2 Å². The maximum absolute atomic E-state index is 12.2. The van der Waals surface area contributed by atoms with E-state index >= 15 is 0 Å². The Morgan fingerprint density at radius 3 is 2.55 bits per heavy atom. The van der Waals surface area contributed by atoms with Crippen molar-refractivity contribution in [1.29, 1.82) is 5.26 Å². The van der Waals surface area contributed by atoms with Crippen LogP contribution in [0.15, 0.2) is 42.5 Å². The molecule has 0 aliphatic heterocycles. The van der Waals surface area contributed by atoms with Crippen LogP contribution >= 0.6 is 0 Å². The fraction of sp³-hybridized carbons (Fsp3) is 0.176. The highest BCUT2D eigenvalue weighted by Crippen LogP contribution is 2.27. The summed E-state index contributed by atoms with van der Waals surface area (Å²) in [5, 5.41) is 11.8. The van der Waals surface area contributed by atoms with Gasteiger partial charge in [-0.05, 0) is 29.8 Å². The average Bonchev–Trinajstić information content (AvgIpc) is 2.59. The van der Waals surface area contributed by atoms with Crippen LogP contribution in [0, 0.1) is 11.3 Å². The molecule has 112 valence electrons. The van der Waals surface area contributed by atoms with Crippen molar-refractivity contribution < 1.29 is 14.3 Å². The molecule has 22 heavy (non-hydrogen) atoms. The number of methoxy groups -OCH3 is 2. The molecule has 5 heteroatoms. The highest BCUT2D eigenvalue weighted by Gasteiger charge is 2.11. The Labute approximate surface area is 129 Å². The number of nitriles is 1. The smallest absolute Gasteiger partial charge is 0.252 e. The molecule has 0 heterocycles. The first-order valence-electron chi connectivity index (χ1n) is 6.67. The van der Waals surface area contributed by atoms with Crippen LogP contribution < -0.4 is 14.8 Å². The number of ether oxygens (including phenoxy) is 2. The molecule has 2 rings (SSSR count). The molecular weight excluding hydrogens is 280 g/mol. The summed E-state index contributed by atoms with van der Waals surface area (Å²) in [5.41, 5.74) is 1.60. The van der Waals surface area contributed by atoms with Gasteiger partial charge in [0.1, 0.15) is 0 Å². The van der Waals surface area contributed by atoms with Crippen LogP contribution in [0.5, 0.6) is 11.5 Å². The number of nitrogens with zero attached hydrogens (tertiary/aromatic N) is 1. The molecule has 1 amide bonds. The maximum atomic E-state index is 12.2. The van der Waals surface area contributed by atoms with Crippen molar-refractivity contribution in [2.45, 2.75) is 6.54 Å². The van der Waals surface area contributed by atoms with Crippen LogP contribution in [-0.4, -0.2) is 20.1 Å². The van der Waals surface area contributed by atoms with Gasteiger partial charge < -0.3 is 14.8 Å². The number of hydrogen-bond donors (Lipinski definition) is 1. The van der Waals surface area contributed by atoms with Crippen molar-refractivity contribution in [3.8, 4) is 17.6 Å². The summed E-state index contributed by atoms with van der Waals surface area (Å²) >= 11 is 0. The highest BCUT2D eigenvalue weighted by atomic mass is 16.5. The zero-order chi connectivity index (χ0) is 15.9. The average molecular weight is 296 g/mol. The van der Waals surface area contributed by atoms with Gasteiger partial charge in [-0.25, -0.2) is 0 Å². The van der Waals surface area contributed by atoms with Crippen molar-refractivity contribution in [3.05, 3.63) is 59.2 Å². The molecule has 5 nitrogen and oxygen atoms in total. The van der Waals surface area contributed by atoms with Crippen LogP contribution in [0.25, 0.3) is 0 Å². The summed E-state index contributed by atoms with van der Waals surface area (Å²) in [6.07, 6.45) is 0. The Bertz CT molecular complexity index is 720. The molecule has 0 saturated carbocycles. The molecule has 0 saturated heterocycles. The number of amides is 1. The molecule has 2 aromatic carbocycles. The lowest BCUT2D eigenvalue weighted by Gasteiger charge is -2.10. The van der Waals surface area contributed by atoms with Crippen molar-refractivity contribution in [3.63, 3.8) is 0 Å².